The molecule has 0 spiro atoms. The maximum Gasteiger partial charge on any atom is 0.355 e. The van der Waals surface area contributed by atoms with E-state index in [1.165, 1.54) is 13.0 Å². The first-order valence-electron chi connectivity index (χ1n) is 8.50. The number of hydrogen-bond donors (Lipinski definition) is 0. The van der Waals surface area contributed by atoms with Gasteiger partial charge in [-0.3, -0.25) is 4.79 Å². The number of fused-ring (bicyclic) bond motifs is 1. The van der Waals surface area contributed by atoms with Gasteiger partial charge in [0, 0.05) is 11.8 Å². The Morgan fingerprint density at radius 2 is 1.64 bits per heavy atom. The Kier molecular flexibility index (Phi) is 5.22. The molecule has 0 aliphatic heterocycles. The van der Waals surface area contributed by atoms with Crippen molar-refractivity contribution in [2.75, 3.05) is 6.61 Å². The molecule has 0 N–H and O–H groups in total. The number of aromatic nitrogens is 1. The number of hydrogen-bond acceptors (Lipinski definition) is 3. The molecule has 0 aliphatic rings. The summed E-state index contributed by atoms with van der Waals surface area (Å²) in [6.45, 7) is 3.26. The molecule has 146 valence electrons. The van der Waals surface area contributed by atoms with Crippen LogP contribution in [0, 0.1) is 23.3 Å². The van der Waals surface area contributed by atoms with Crippen LogP contribution in [0.4, 0.5) is 17.6 Å². The summed E-state index contributed by atoms with van der Waals surface area (Å²) in [6.07, 6.45) is 0.430. The van der Waals surface area contributed by atoms with Crippen LogP contribution in [0.3, 0.4) is 0 Å². The van der Waals surface area contributed by atoms with Crippen molar-refractivity contribution in [1.82, 2.24) is 4.57 Å². The van der Waals surface area contributed by atoms with Crippen molar-refractivity contribution in [3.63, 3.8) is 0 Å². The van der Waals surface area contributed by atoms with Gasteiger partial charge in [-0.2, -0.15) is 0 Å². The minimum atomic E-state index is -2.10. The highest BCUT2D eigenvalue weighted by molar-refractivity contribution is 5.94. The highest BCUT2D eigenvalue weighted by Crippen LogP contribution is 2.29. The highest BCUT2D eigenvalue weighted by Gasteiger charge is 2.28. The highest BCUT2D eigenvalue weighted by atomic mass is 19.2. The van der Waals surface area contributed by atoms with Crippen molar-refractivity contribution in [2.45, 2.75) is 20.3 Å². The molecule has 0 bridgehead atoms. The summed E-state index contributed by atoms with van der Waals surface area (Å²) in [6, 6.07) is 7.15. The van der Waals surface area contributed by atoms with Gasteiger partial charge < -0.3 is 9.30 Å². The molecule has 3 aromatic rings. The average molecular weight is 393 g/mol. The van der Waals surface area contributed by atoms with Crippen LogP contribution in [0.15, 0.2) is 35.1 Å². The van der Waals surface area contributed by atoms with E-state index in [0.29, 0.717) is 12.0 Å². The van der Waals surface area contributed by atoms with Crippen molar-refractivity contribution >= 4 is 16.9 Å². The van der Waals surface area contributed by atoms with Crippen LogP contribution in [-0.2, 0) is 11.2 Å². The summed E-state index contributed by atoms with van der Waals surface area (Å²) >= 11 is 0. The van der Waals surface area contributed by atoms with Crippen LogP contribution in [0.25, 0.3) is 16.6 Å². The van der Waals surface area contributed by atoms with Crippen LogP contribution < -0.4 is 5.43 Å². The number of para-hydroxylation sites is 1. The number of aryl methyl sites for hydroxylation is 1. The van der Waals surface area contributed by atoms with Crippen LogP contribution in [0.5, 0.6) is 0 Å². The molecule has 0 radical (unpaired) electrons. The quantitative estimate of drug-likeness (QED) is 0.288. The molecule has 0 saturated heterocycles. The Labute approximate surface area is 157 Å². The summed E-state index contributed by atoms with van der Waals surface area (Å²) in [5.74, 6) is -8.76. The number of rotatable bonds is 4. The molecule has 4 nitrogen and oxygen atoms in total. The fraction of sp³-hybridized carbons (Fsp3) is 0.200. The number of ether oxygens (including phenoxy) is 1. The van der Waals surface area contributed by atoms with Crippen LogP contribution in [0.2, 0.25) is 0 Å². The summed E-state index contributed by atoms with van der Waals surface area (Å²) in [4.78, 5) is 24.8. The molecule has 28 heavy (non-hydrogen) atoms. The second-order valence-electron chi connectivity index (χ2n) is 5.91. The Hall–Kier alpha value is -3.16. The SMILES string of the molecule is CCOC(=O)c1cc(=O)c2c(F)c(F)c(F)c(F)c2n1-c1ccccc1CC. The summed E-state index contributed by atoms with van der Waals surface area (Å²) in [5.41, 5.74) is -1.65. The summed E-state index contributed by atoms with van der Waals surface area (Å²) in [5, 5.41) is -0.990. The zero-order chi connectivity index (χ0) is 20.6. The monoisotopic (exact) mass is 393 g/mol. The first-order valence-corrected chi connectivity index (χ1v) is 8.50. The van der Waals surface area contributed by atoms with Gasteiger partial charge in [-0.1, -0.05) is 25.1 Å². The van der Waals surface area contributed by atoms with Gasteiger partial charge in [0.1, 0.15) is 5.69 Å². The van der Waals surface area contributed by atoms with E-state index in [2.05, 4.69) is 0 Å². The van der Waals surface area contributed by atoms with Crippen molar-refractivity contribution in [3.8, 4) is 5.69 Å². The Morgan fingerprint density at radius 1 is 1.00 bits per heavy atom. The smallest absolute Gasteiger partial charge is 0.355 e. The van der Waals surface area contributed by atoms with E-state index in [-0.39, 0.29) is 12.3 Å². The first kappa shape index (κ1) is 19.6. The summed E-state index contributed by atoms with van der Waals surface area (Å²) in [7, 11) is 0. The maximum absolute atomic E-state index is 14.7. The third kappa shape index (κ3) is 2.94. The van der Waals surface area contributed by atoms with Gasteiger partial charge in [0.25, 0.3) is 0 Å². The number of halogens is 4. The van der Waals surface area contributed by atoms with Gasteiger partial charge in [0.15, 0.2) is 28.7 Å². The van der Waals surface area contributed by atoms with Crippen molar-refractivity contribution in [3.05, 3.63) is 75.1 Å². The van der Waals surface area contributed by atoms with Crippen molar-refractivity contribution in [2.24, 2.45) is 0 Å². The third-order valence-corrected chi connectivity index (χ3v) is 4.32. The van der Waals surface area contributed by atoms with Gasteiger partial charge >= 0.3 is 5.97 Å². The molecule has 1 heterocycles. The number of benzene rings is 2. The normalized spacial score (nSPS) is 11.1. The molecule has 1 aromatic heterocycles. The number of carbonyl (C=O) groups is 1. The standard InChI is InChI=1S/C20H15F4NO3/c1-3-10-7-5-6-8-11(10)25-12(20(27)28-4-2)9-13(26)14-15(21)16(22)17(23)18(24)19(14)25/h5-9H,3-4H2,1-2H3. The minimum Gasteiger partial charge on any atom is -0.461 e. The van der Waals surface area contributed by atoms with E-state index in [1.807, 2.05) is 0 Å². The van der Waals surface area contributed by atoms with Crippen molar-refractivity contribution < 1.29 is 27.1 Å². The lowest BCUT2D eigenvalue weighted by atomic mass is 10.1. The van der Waals surface area contributed by atoms with Gasteiger partial charge in [-0.25, -0.2) is 22.4 Å². The topological polar surface area (TPSA) is 48.3 Å². The molecular formula is C20H15F4NO3. The molecule has 2 aromatic carbocycles. The fourth-order valence-electron chi connectivity index (χ4n) is 3.07. The fourth-order valence-corrected chi connectivity index (χ4v) is 3.07. The van der Waals surface area contributed by atoms with E-state index >= 15 is 0 Å². The van der Waals surface area contributed by atoms with Gasteiger partial charge in [0.05, 0.1) is 17.5 Å². The third-order valence-electron chi connectivity index (χ3n) is 4.32. The second-order valence-corrected chi connectivity index (χ2v) is 5.91. The molecule has 0 amide bonds. The second kappa shape index (κ2) is 7.46. The van der Waals surface area contributed by atoms with Crippen molar-refractivity contribution in [1.29, 1.82) is 0 Å². The average Bonchev–Trinajstić information content (AvgIpc) is 2.70. The molecule has 0 fully saturated rings. The maximum atomic E-state index is 14.7. The zero-order valence-electron chi connectivity index (χ0n) is 15.0. The van der Waals surface area contributed by atoms with E-state index < -0.39 is 51.3 Å². The Bertz CT molecular complexity index is 1150. The van der Waals surface area contributed by atoms with Crippen LogP contribution >= 0.6 is 0 Å². The first-order chi connectivity index (χ1) is 13.3. The molecule has 0 aliphatic carbocycles. The van der Waals surface area contributed by atoms with Gasteiger partial charge in [-0.15, -0.1) is 0 Å². The predicted molar refractivity (Wildman–Crippen MR) is 94.7 cm³/mol. The van der Waals surface area contributed by atoms with E-state index in [1.54, 1.807) is 25.1 Å². The molecule has 8 heteroatoms. The minimum absolute atomic E-state index is 0.0465. The lowest BCUT2D eigenvalue weighted by molar-refractivity contribution is 0.0516. The lowest BCUT2D eigenvalue weighted by Gasteiger charge is -2.19. The number of esters is 1. The van der Waals surface area contributed by atoms with E-state index in [9.17, 15) is 27.2 Å². The number of pyridine rings is 1. The molecular weight excluding hydrogens is 378 g/mol. The van der Waals surface area contributed by atoms with Crippen LogP contribution in [0.1, 0.15) is 29.9 Å². The lowest BCUT2D eigenvalue weighted by Crippen LogP contribution is -2.22. The Morgan fingerprint density at radius 3 is 2.29 bits per heavy atom. The van der Waals surface area contributed by atoms with Gasteiger partial charge in [-0.05, 0) is 25.0 Å². The Balaban J connectivity index is 2.62. The van der Waals surface area contributed by atoms with E-state index in [0.717, 1.165) is 10.6 Å². The predicted octanol–water partition coefficient (Wildman–Crippen LogP) is 4.29. The molecule has 0 unspecified atom stereocenters. The van der Waals surface area contributed by atoms with Gasteiger partial charge in [0.2, 0.25) is 0 Å². The molecule has 0 saturated carbocycles. The van der Waals surface area contributed by atoms with Crippen LogP contribution in [-0.4, -0.2) is 17.1 Å². The van der Waals surface area contributed by atoms with E-state index in [4.69, 9.17) is 4.74 Å². The number of carbonyl (C=O) groups excluding carboxylic acids is 1. The summed E-state index contributed by atoms with van der Waals surface area (Å²) < 4.78 is 62.6. The zero-order valence-corrected chi connectivity index (χ0v) is 15.0. The molecule has 0 atom stereocenters. The number of nitrogens with zero attached hydrogens (tertiary/aromatic N) is 1. The largest absolute Gasteiger partial charge is 0.461 e. The molecule has 3 rings (SSSR count).